The van der Waals surface area contributed by atoms with E-state index in [9.17, 15) is 73.1 Å². The second-order valence-electron chi connectivity index (χ2n) is 36.3. The lowest BCUT2D eigenvalue weighted by molar-refractivity contribution is -0.275. The summed E-state index contributed by atoms with van der Waals surface area (Å²) in [5.74, 6) is -1.08. The van der Waals surface area contributed by atoms with Crippen molar-refractivity contribution in [2.45, 2.75) is 144 Å². The molecular weight excluding hydrogens is 1980 g/mol. The van der Waals surface area contributed by atoms with E-state index >= 15 is 0 Å². The number of carbonyl (C=O) groups excluding carboxylic acids is 7. The van der Waals surface area contributed by atoms with Gasteiger partial charge in [-0.2, -0.15) is 13.2 Å². The van der Waals surface area contributed by atoms with Crippen LogP contribution < -0.4 is 14.8 Å². The maximum Gasteiger partial charge on any atom is 0.573 e. The molecule has 9 heterocycles. The van der Waals surface area contributed by atoms with Gasteiger partial charge in [-0.25, -0.2) is 4.98 Å². The number of likely N-dealkylation sites (tertiary alicyclic amines) is 3. The number of carbonyl (C=O) groups is 7. The molecule has 4 unspecified atom stereocenters. The molecule has 1 N–H and O–H groups in total. The van der Waals surface area contributed by atoms with Crippen LogP contribution in [0.4, 0.5) is 45.2 Å². The van der Waals surface area contributed by atoms with Gasteiger partial charge in [0.05, 0.1) is 64.4 Å². The van der Waals surface area contributed by atoms with Gasteiger partial charge in [0.15, 0.2) is 0 Å². The molecule has 37 heteroatoms. The van der Waals surface area contributed by atoms with E-state index in [-0.39, 0.29) is 111 Å². The molecule has 0 spiro atoms. The van der Waals surface area contributed by atoms with Crippen LogP contribution in [0.1, 0.15) is 184 Å². The van der Waals surface area contributed by atoms with Gasteiger partial charge in [0.2, 0.25) is 5.91 Å². The van der Waals surface area contributed by atoms with Crippen LogP contribution in [-0.2, 0) is 74.4 Å². The maximum atomic E-state index is 13.3. The fraction of sp³-hybridized carbons (Fsp3) is 0.392. The van der Waals surface area contributed by atoms with E-state index in [1.165, 1.54) is 50.5 Å². The van der Waals surface area contributed by atoms with Crippen molar-refractivity contribution in [1.82, 2.24) is 47.8 Å². The Bertz CT molecular complexity index is 6550. The first-order valence-corrected chi connectivity index (χ1v) is 48.5. The molecule has 20 nitrogen and oxygen atoms in total. The molecule has 0 radical (unpaired) electrons. The number of hydrogen-bond acceptors (Lipinski definition) is 11. The Morgan fingerprint density at radius 2 is 0.748 bits per heavy atom. The SMILES string of the molecule is CC(=O)C1CCN(C(=O)c2ccc(Cl)c(Cc3cc4ccc(OC(F)(F)F)cc4n3C)c2Cl)CC1C.CC(=O)C1CCN(C(=O)c2ccc(Cl)c(Cc3cc4ccc(OC(F)(F)F)cc4n3C)c2Cl)CC1C.CC(=O)Nc1ccc2cc(Cc3c(Cl)ccc(C(=O)N4CCCCC4)c3Cl)n(C)c2c1.Cc1nc(C(F)(F)F)cc2c1cc(Cc1c(Cl)ccc(C(=O)N3CCN(C4CCC4)CC3)c1Cl)n2C. The van der Waals surface area contributed by atoms with E-state index in [2.05, 4.69) is 35.3 Å². The van der Waals surface area contributed by atoms with Gasteiger partial charge in [0, 0.05) is 232 Å². The number of amides is 5. The van der Waals surface area contributed by atoms with Crippen molar-refractivity contribution in [1.29, 1.82) is 0 Å². The number of aromatic nitrogens is 5. The van der Waals surface area contributed by atoms with Gasteiger partial charge >= 0.3 is 18.9 Å². The molecule has 0 bridgehead atoms. The number of piperazine rings is 1. The topological polar surface area (TPSA) is 199 Å². The lowest BCUT2D eigenvalue weighted by atomic mass is 9.84. The highest BCUT2D eigenvalue weighted by Gasteiger charge is 2.40. The molecule has 12 aromatic rings. The summed E-state index contributed by atoms with van der Waals surface area (Å²) in [7, 11) is 7.13. The lowest BCUT2D eigenvalue weighted by Crippen LogP contribution is -2.53. The summed E-state index contributed by atoms with van der Waals surface area (Å²) in [4.78, 5) is 101. The molecule has 5 aromatic heterocycles. The summed E-state index contributed by atoms with van der Waals surface area (Å²) in [6.07, 6.45) is -4.62. The Hall–Kier alpha value is -10.2. The fourth-order valence-electron chi connectivity index (χ4n) is 19.3. The Morgan fingerprint density at radius 3 is 1.09 bits per heavy atom. The molecule has 4 saturated heterocycles. The number of anilines is 1. The summed E-state index contributed by atoms with van der Waals surface area (Å²) in [5, 5.41) is 8.84. The first kappa shape index (κ1) is 105. The highest BCUT2D eigenvalue weighted by molar-refractivity contribution is 6.40. The van der Waals surface area contributed by atoms with E-state index in [0.717, 1.165) is 107 Å². The third-order valence-corrected chi connectivity index (χ3v) is 30.3. The van der Waals surface area contributed by atoms with E-state index in [1.807, 2.05) is 61.0 Å². The number of Topliss-reactive ketones (excluding diaryl/α,β-unsaturated/α-hetero) is 2. The number of aryl methyl sites for hydroxylation is 5. The van der Waals surface area contributed by atoms with E-state index in [4.69, 9.17) is 92.8 Å². The van der Waals surface area contributed by atoms with Crippen LogP contribution in [0.5, 0.6) is 11.5 Å². The van der Waals surface area contributed by atoms with Gasteiger partial charge in [-0.05, 0) is 215 Å². The van der Waals surface area contributed by atoms with Crippen LogP contribution >= 0.6 is 92.8 Å². The first-order valence-electron chi connectivity index (χ1n) is 45.5. The van der Waals surface area contributed by atoms with E-state index in [1.54, 1.807) is 132 Å². The number of piperidine rings is 3. The van der Waals surface area contributed by atoms with Crippen molar-refractivity contribution in [2.75, 3.05) is 70.8 Å². The molecule has 1 aliphatic carbocycles. The predicted octanol–water partition coefficient (Wildman–Crippen LogP) is 25.1. The average Bonchev–Trinajstić information content (AvgIpc) is 1.68. The standard InChI is InChI=1S/C26H27Cl2F3N4O.2C26H25Cl2F3N2O3.C24H25Cl2N3O2/c1-15-19-12-17(33(2)22(19)14-23(32-15)26(29,30)31)13-20-21(27)7-6-18(24(20)28)25(36)35-10-8-34(9-11-35)16-4-3-5-16;2*1-14-13-33(9-8-19(14)15(2)34)25(35)20-6-7-22(27)21(24(20)28)11-17-10-16-4-5-18(36-26(29,30)31)12-23(16)32(17)3;1-15(30)27-17-7-6-16-12-18(28(2)22(16)13-17)14-20-21(25)9-8-19(23(20)26)24(31)29-10-4-3-5-11-29/h6-7,12,14,16H,3-5,8-11,13H2,1-2H3;2*4-7,10,12,14,19H,8-9,11,13H2,1-3H3;6-9,12-13H,3-5,10-11,14H2,1-2H3,(H,27,30). The van der Waals surface area contributed by atoms with Gasteiger partial charge in [-0.3, -0.25) is 38.5 Å². The zero-order valence-electron chi connectivity index (χ0n) is 77.7. The normalized spacial score (nSPS) is 17.3. The molecule has 17 rings (SSSR count). The summed E-state index contributed by atoms with van der Waals surface area (Å²) in [6.45, 7) is 16.6. The van der Waals surface area contributed by atoms with Crippen molar-refractivity contribution in [3.8, 4) is 11.5 Å². The number of benzene rings is 7. The van der Waals surface area contributed by atoms with Crippen LogP contribution in [0, 0.1) is 30.6 Å². The summed E-state index contributed by atoms with van der Waals surface area (Å²) in [6, 6.07) is 36.6. The molecule has 5 amide bonds. The number of alkyl halides is 9. The largest absolute Gasteiger partial charge is 0.573 e. The maximum absolute atomic E-state index is 13.3. The number of nitrogens with one attached hydrogen (secondary N) is 1. The van der Waals surface area contributed by atoms with Crippen molar-refractivity contribution in [2.24, 2.45) is 51.9 Å². The molecule has 1 saturated carbocycles. The van der Waals surface area contributed by atoms with Gasteiger partial charge < -0.3 is 52.7 Å². The summed E-state index contributed by atoms with van der Waals surface area (Å²) in [5.41, 5.74) is 9.83. The second kappa shape index (κ2) is 43.3. The van der Waals surface area contributed by atoms with Gasteiger partial charge in [-0.1, -0.05) is 119 Å². The van der Waals surface area contributed by atoms with Crippen LogP contribution in [0.25, 0.3) is 43.6 Å². The molecular formula is C102H102Cl8F9N11O9. The van der Waals surface area contributed by atoms with Crippen LogP contribution in [0.2, 0.25) is 40.2 Å². The van der Waals surface area contributed by atoms with Gasteiger partial charge in [0.1, 0.15) is 28.8 Å². The quantitative estimate of drug-likeness (QED) is 0.0802. The zero-order chi connectivity index (χ0) is 101. The monoisotopic (exact) mass is 2080 g/mol. The van der Waals surface area contributed by atoms with Gasteiger partial charge in [0.25, 0.3) is 23.6 Å². The molecule has 7 aromatic carbocycles. The fourth-order valence-corrected chi connectivity index (χ4v) is 21.6. The van der Waals surface area contributed by atoms with Crippen molar-refractivity contribution in [3.63, 3.8) is 0 Å². The summed E-state index contributed by atoms with van der Waals surface area (Å²) < 4.78 is 131. The Balaban J connectivity index is 0.000000148. The minimum atomic E-state index is -4.78. The number of nitrogens with zero attached hydrogens (tertiary/aromatic N) is 10. The minimum Gasteiger partial charge on any atom is -0.406 e. The van der Waals surface area contributed by atoms with Crippen molar-refractivity contribution < 1.29 is 82.5 Å². The first-order chi connectivity index (χ1) is 65.6. The molecule has 4 atom stereocenters. The Morgan fingerprint density at radius 1 is 0.396 bits per heavy atom. The summed E-state index contributed by atoms with van der Waals surface area (Å²) >= 11 is 52.8. The van der Waals surface area contributed by atoms with Crippen LogP contribution in [0.3, 0.4) is 0 Å². The van der Waals surface area contributed by atoms with Crippen LogP contribution in [-0.4, -0.2) is 173 Å². The number of fused-ring (bicyclic) bond motifs is 4. The Labute approximate surface area is 837 Å². The third kappa shape index (κ3) is 23.9. The van der Waals surface area contributed by atoms with Crippen molar-refractivity contribution in [3.05, 3.63) is 252 Å². The number of rotatable bonds is 18. The number of halogens is 17. The van der Waals surface area contributed by atoms with Crippen LogP contribution in [0.15, 0.2) is 133 Å². The molecule has 139 heavy (non-hydrogen) atoms. The third-order valence-electron chi connectivity index (χ3n) is 27.1. The minimum absolute atomic E-state index is 0.0281. The number of ether oxygens (including phenoxy) is 2. The van der Waals surface area contributed by atoms with E-state index in [0.29, 0.717) is 156 Å². The molecule has 5 fully saturated rings. The molecule has 738 valence electrons. The zero-order valence-corrected chi connectivity index (χ0v) is 83.8. The lowest BCUT2D eigenvalue weighted by Gasteiger charge is -2.43. The highest BCUT2D eigenvalue weighted by atomic mass is 35.5. The van der Waals surface area contributed by atoms with Gasteiger partial charge in [-0.15, -0.1) is 26.3 Å². The number of hydrogen-bond donors (Lipinski definition) is 1. The number of ketones is 2. The predicted molar refractivity (Wildman–Crippen MR) is 527 cm³/mol. The van der Waals surface area contributed by atoms with E-state index < -0.39 is 24.6 Å². The average molecular weight is 2080 g/mol. The number of pyridine rings is 1. The molecule has 5 aliphatic rings. The highest BCUT2D eigenvalue weighted by Crippen LogP contribution is 2.43. The smallest absolute Gasteiger partial charge is 0.406 e. The molecule has 4 aliphatic heterocycles. The second-order valence-corrected chi connectivity index (χ2v) is 39.4. The van der Waals surface area contributed by atoms with Crippen molar-refractivity contribution >= 4 is 183 Å². The Kier molecular flexibility index (Phi) is 32.6.